The summed E-state index contributed by atoms with van der Waals surface area (Å²) >= 11 is 3.42. The summed E-state index contributed by atoms with van der Waals surface area (Å²) in [6, 6.07) is 30.6. The van der Waals surface area contributed by atoms with Crippen LogP contribution in [0.1, 0.15) is 15.9 Å². The second kappa shape index (κ2) is 13.9. The molecule has 0 unspecified atom stereocenters. The van der Waals surface area contributed by atoms with Crippen molar-refractivity contribution in [1.29, 1.82) is 0 Å². The first kappa shape index (κ1) is 29.0. The Bertz CT molecular complexity index is 1520. The van der Waals surface area contributed by atoms with Crippen molar-refractivity contribution in [3.63, 3.8) is 0 Å². The van der Waals surface area contributed by atoms with E-state index in [0.29, 0.717) is 23.5 Å². The minimum Gasteiger partial charge on any atom is -0.495 e. The first-order valence-corrected chi connectivity index (χ1v) is 14.7. The van der Waals surface area contributed by atoms with Crippen LogP contribution >= 0.6 is 15.9 Å². The lowest BCUT2D eigenvalue weighted by atomic mass is 10.1. The molecule has 3 amide bonds. The molecule has 0 aliphatic carbocycles. The summed E-state index contributed by atoms with van der Waals surface area (Å²) in [5.74, 6) is 0.671. The lowest BCUT2D eigenvalue weighted by Crippen LogP contribution is -2.47. The number of anilines is 4. The predicted molar refractivity (Wildman–Crippen MR) is 173 cm³/mol. The summed E-state index contributed by atoms with van der Waals surface area (Å²) in [4.78, 5) is 30.8. The van der Waals surface area contributed by atoms with E-state index >= 15 is 0 Å². The van der Waals surface area contributed by atoms with Crippen LogP contribution in [-0.4, -0.2) is 51.8 Å². The van der Waals surface area contributed by atoms with Gasteiger partial charge in [-0.05, 0) is 60.5 Å². The van der Waals surface area contributed by atoms with Gasteiger partial charge in [0.1, 0.15) is 5.75 Å². The molecule has 216 valence electrons. The predicted octanol–water partition coefficient (Wildman–Crippen LogP) is 6.40. The van der Waals surface area contributed by atoms with Gasteiger partial charge in [-0.1, -0.05) is 64.5 Å². The second-order valence-corrected chi connectivity index (χ2v) is 10.9. The van der Waals surface area contributed by atoms with Crippen LogP contribution in [0.3, 0.4) is 0 Å². The average Bonchev–Trinajstić information content (AvgIpc) is 3.01. The molecule has 3 N–H and O–H groups in total. The van der Waals surface area contributed by atoms with Gasteiger partial charge in [-0.3, -0.25) is 4.79 Å². The molecule has 4 aromatic rings. The summed E-state index contributed by atoms with van der Waals surface area (Å²) in [6.45, 7) is 3.54. The molecule has 1 fully saturated rings. The van der Waals surface area contributed by atoms with Crippen LogP contribution in [0.5, 0.6) is 5.75 Å². The number of amides is 3. The van der Waals surface area contributed by atoms with E-state index in [1.165, 1.54) is 0 Å². The molecule has 0 bridgehead atoms. The van der Waals surface area contributed by atoms with E-state index in [9.17, 15) is 9.59 Å². The molecule has 0 spiro atoms. The number of carbonyl (C=O) groups is 2. The normalized spacial score (nSPS) is 12.9. The van der Waals surface area contributed by atoms with E-state index in [1.807, 2.05) is 84.9 Å². The smallest absolute Gasteiger partial charge is 0.323 e. The lowest BCUT2D eigenvalue weighted by molar-refractivity contribution is 0.0954. The second-order valence-electron chi connectivity index (χ2n) is 9.96. The molecule has 1 heterocycles. The third-order valence-corrected chi connectivity index (χ3v) is 7.66. The molecule has 0 aromatic heterocycles. The van der Waals surface area contributed by atoms with Crippen LogP contribution in [-0.2, 0) is 6.42 Å². The third-order valence-electron chi connectivity index (χ3n) is 7.17. The van der Waals surface area contributed by atoms with Crippen molar-refractivity contribution >= 4 is 50.6 Å². The van der Waals surface area contributed by atoms with Crippen molar-refractivity contribution in [3.8, 4) is 5.75 Å². The number of nitrogens with zero attached hydrogens (tertiary/aromatic N) is 2. The number of carbonyl (C=O) groups excluding carboxylic acids is 2. The number of rotatable bonds is 9. The molecule has 5 rings (SSSR count). The Kier molecular flexibility index (Phi) is 9.61. The van der Waals surface area contributed by atoms with Gasteiger partial charge in [-0.15, -0.1) is 0 Å². The number of piperazine rings is 1. The Morgan fingerprint density at radius 1 is 0.762 bits per heavy atom. The highest BCUT2D eigenvalue weighted by Gasteiger charge is 2.24. The fourth-order valence-electron chi connectivity index (χ4n) is 5.07. The summed E-state index contributed by atoms with van der Waals surface area (Å²) < 4.78 is 6.43. The fraction of sp³-hybridized carbons (Fsp3) is 0.212. The highest BCUT2D eigenvalue weighted by molar-refractivity contribution is 9.10. The third kappa shape index (κ3) is 7.41. The SMILES string of the molecule is COc1ccccc1N1CCN(c2ccc(NC(=O)Nc3cccc(Br)c3)cc2C(=O)NCCc2ccccc2)CC1. The number of para-hydroxylation sites is 2. The Labute approximate surface area is 254 Å². The standard InChI is InChI=1S/C33H34BrN5O3/c1-42-31-13-6-5-12-30(31)39-20-18-38(19-21-39)29-15-14-27(37-33(41)36-26-11-7-10-25(34)22-26)23-28(29)32(40)35-17-16-24-8-3-2-4-9-24/h2-15,22-23H,16-21H2,1H3,(H,35,40)(H2,36,37,41). The minimum absolute atomic E-state index is 0.177. The van der Waals surface area contributed by atoms with Gasteiger partial charge >= 0.3 is 6.03 Å². The molecule has 0 saturated carbocycles. The van der Waals surface area contributed by atoms with Gasteiger partial charge in [-0.2, -0.15) is 0 Å². The first-order chi connectivity index (χ1) is 20.5. The van der Waals surface area contributed by atoms with Crippen LogP contribution in [0.25, 0.3) is 0 Å². The Morgan fingerprint density at radius 3 is 2.14 bits per heavy atom. The largest absolute Gasteiger partial charge is 0.495 e. The molecule has 0 atom stereocenters. The maximum absolute atomic E-state index is 13.5. The average molecular weight is 629 g/mol. The van der Waals surface area contributed by atoms with Crippen molar-refractivity contribution < 1.29 is 14.3 Å². The van der Waals surface area contributed by atoms with E-state index in [0.717, 1.165) is 59.8 Å². The molecular formula is C33H34BrN5O3. The number of urea groups is 1. The fourth-order valence-corrected chi connectivity index (χ4v) is 5.47. The maximum atomic E-state index is 13.5. The molecular weight excluding hydrogens is 594 g/mol. The van der Waals surface area contributed by atoms with Crippen LogP contribution < -0.4 is 30.5 Å². The van der Waals surface area contributed by atoms with Gasteiger partial charge in [-0.25, -0.2) is 4.79 Å². The Morgan fingerprint density at radius 2 is 1.43 bits per heavy atom. The van der Waals surface area contributed by atoms with Gasteiger partial charge < -0.3 is 30.5 Å². The Balaban J connectivity index is 1.31. The van der Waals surface area contributed by atoms with Crippen LogP contribution in [0, 0.1) is 0 Å². The van der Waals surface area contributed by atoms with Crippen molar-refractivity contribution in [2.75, 3.05) is 60.3 Å². The molecule has 1 aliphatic heterocycles. The summed E-state index contributed by atoms with van der Waals surface area (Å²) in [5.41, 5.74) is 4.77. The molecule has 9 heteroatoms. The number of ether oxygens (including phenoxy) is 1. The van der Waals surface area contributed by atoms with Crippen LogP contribution in [0.4, 0.5) is 27.5 Å². The molecule has 1 saturated heterocycles. The van der Waals surface area contributed by atoms with Gasteiger partial charge in [0.15, 0.2) is 0 Å². The molecule has 42 heavy (non-hydrogen) atoms. The number of hydrogen-bond donors (Lipinski definition) is 3. The van der Waals surface area contributed by atoms with Crippen molar-refractivity contribution in [2.45, 2.75) is 6.42 Å². The number of methoxy groups -OCH3 is 1. The number of hydrogen-bond acceptors (Lipinski definition) is 5. The van der Waals surface area contributed by atoms with Gasteiger partial charge in [0.25, 0.3) is 5.91 Å². The highest BCUT2D eigenvalue weighted by atomic mass is 79.9. The zero-order valence-corrected chi connectivity index (χ0v) is 25.1. The summed E-state index contributed by atoms with van der Waals surface area (Å²) in [7, 11) is 1.69. The quantitative estimate of drug-likeness (QED) is 0.200. The number of nitrogens with one attached hydrogen (secondary N) is 3. The molecule has 1 aliphatic rings. The molecule has 4 aromatic carbocycles. The molecule has 8 nitrogen and oxygen atoms in total. The van der Waals surface area contributed by atoms with E-state index in [-0.39, 0.29) is 11.9 Å². The minimum atomic E-state index is -0.387. The van der Waals surface area contributed by atoms with Crippen molar-refractivity contribution in [3.05, 3.63) is 113 Å². The Hall–Kier alpha value is -4.50. The van der Waals surface area contributed by atoms with E-state index in [1.54, 1.807) is 13.2 Å². The van der Waals surface area contributed by atoms with Crippen LogP contribution in [0.2, 0.25) is 0 Å². The molecule has 0 radical (unpaired) electrons. The van der Waals surface area contributed by atoms with Gasteiger partial charge in [0.2, 0.25) is 0 Å². The number of benzene rings is 4. The van der Waals surface area contributed by atoms with Crippen molar-refractivity contribution in [2.24, 2.45) is 0 Å². The summed E-state index contributed by atoms with van der Waals surface area (Å²) in [6.07, 6.45) is 0.729. The van der Waals surface area contributed by atoms with Crippen molar-refractivity contribution in [1.82, 2.24) is 5.32 Å². The maximum Gasteiger partial charge on any atom is 0.323 e. The van der Waals surface area contributed by atoms with E-state index in [4.69, 9.17) is 4.74 Å². The van der Waals surface area contributed by atoms with Gasteiger partial charge in [0, 0.05) is 54.3 Å². The van der Waals surface area contributed by atoms with E-state index < -0.39 is 0 Å². The monoisotopic (exact) mass is 627 g/mol. The highest BCUT2D eigenvalue weighted by Crippen LogP contribution is 2.31. The topological polar surface area (TPSA) is 85.9 Å². The van der Waals surface area contributed by atoms with Gasteiger partial charge in [0.05, 0.1) is 18.4 Å². The summed E-state index contributed by atoms with van der Waals surface area (Å²) in [5, 5.41) is 8.78. The van der Waals surface area contributed by atoms with Crippen LogP contribution in [0.15, 0.2) is 102 Å². The zero-order chi connectivity index (χ0) is 29.3. The first-order valence-electron chi connectivity index (χ1n) is 13.9. The number of halogens is 1. The lowest BCUT2D eigenvalue weighted by Gasteiger charge is -2.38. The van der Waals surface area contributed by atoms with E-state index in [2.05, 4.69) is 47.7 Å². The zero-order valence-electron chi connectivity index (χ0n) is 23.5.